The molecule has 1 N–H and O–H groups in total. The van der Waals surface area contributed by atoms with Gasteiger partial charge >= 0.3 is 0 Å². The van der Waals surface area contributed by atoms with Crippen LogP contribution in [0.15, 0.2) is 76.5 Å². The monoisotopic (exact) mass is 401 g/mol. The Labute approximate surface area is 172 Å². The maximum Gasteiger partial charge on any atom is 0.200 e. The Hall–Kier alpha value is -2.75. The number of thioether (sulfide) groups is 1. The molecule has 0 saturated carbocycles. The number of H-pyrrole nitrogens is 1. The maximum atomic E-state index is 13.0. The third-order valence-electron chi connectivity index (χ3n) is 4.98. The van der Waals surface area contributed by atoms with Crippen molar-refractivity contribution in [2.24, 2.45) is 0 Å². The summed E-state index contributed by atoms with van der Waals surface area (Å²) >= 11 is 7.61. The van der Waals surface area contributed by atoms with Crippen molar-refractivity contribution in [3.8, 4) is 11.3 Å². The third-order valence-corrected chi connectivity index (χ3v) is 6.33. The average Bonchev–Trinajstić information content (AvgIpc) is 3.21. The Kier molecular flexibility index (Phi) is 4.15. The van der Waals surface area contributed by atoms with Crippen LogP contribution >= 0.6 is 23.4 Å². The second-order valence-electron chi connectivity index (χ2n) is 6.91. The van der Waals surface area contributed by atoms with E-state index in [0.717, 1.165) is 48.7 Å². The Morgan fingerprint density at radius 3 is 2.61 bits per heavy atom. The van der Waals surface area contributed by atoms with Gasteiger partial charge in [-0.25, -0.2) is 0 Å². The summed E-state index contributed by atoms with van der Waals surface area (Å²) in [6.45, 7) is 2.01. The number of hydrogen-bond donors (Lipinski definition) is 1. The summed E-state index contributed by atoms with van der Waals surface area (Å²) in [6.07, 6.45) is 2.02. The first-order chi connectivity index (χ1) is 13.6. The molecule has 4 heteroatoms. The van der Waals surface area contributed by atoms with Gasteiger partial charge in [-0.05, 0) is 48.9 Å². The number of ketones is 1. The molecule has 2 nitrogen and oxygen atoms in total. The van der Waals surface area contributed by atoms with Gasteiger partial charge in [-0.1, -0.05) is 65.3 Å². The Bertz CT molecular complexity index is 1270. The molecule has 0 atom stereocenters. The number of allylic oxidation sites excluding steroid dienone is 1. The molecule has 0 spiro atoms. The molecule has 4 aromatic rings. The fourth-order valence-electron chi connectivity index (χ4n) is 3.59. The van der Waals surface area contributed by atoms with E-state index in [1.54, 1.807) is 11.8 Å². The summed E-state index contributed by atoms with van der Waals surface area (Å²) in [4.78, 5) is 18.3. The number of halogens is 1. The van der Waals surface area contributed by atoms with Crippen molar-refractivity contribution in [2.75, 3.05) is 0 Å². The minimum Gasteiger partial charge on any atom is -0.354 e. The predicted molar refractivity (Wildman–Crippen MR) is 118 cm³/mol. The van der Waals surface area contributed by atoms with Gasteiger partial charge in [0.1, 0.15) is 0 Å². The van der Waals surface area contributed by atoms with Gasteiger partial charge in [-0.3, -0.25) is 4.79 Å². The summed E-state index contributed by atoms with van der Waals surface area (Å²) in [5, 5.41) is 1.80. The highest BCUT2D eigenvalue weighted by Crippen LogP contribution is 2.43. The molecule has 0 aliphatic carbocycles. The zero-order valence-corrected chi connectivity index (χ0v) is 16.7. The number of para-hydroxylation sites is 1. The second kappa shape index (κ2) is 6.69. The molecule has 5 rings (SSSR count). The normalized spacial score (nSPS) is 14.8. The van der Waals surface area contributed by atoms with Crippen LogP contribution < -0.4 is 0 Å². The van der Waals surface area contributed by atoms with E-state index in [9.17, 15) is 4.79 Å². The number of aryl methyl sites for hydroxylation is 1. The van der Waals surface area contributed by atoms with Gasteiger partial charge < -0.3 is 4.98 Å². The lowest BCUT2D eigenvalue weighted by atomic mass is 10.0. The first-order valence-electron chi connectivity index (χ1n) is 9.02. The largest absolute Gasteiger partial charge is 0.354 e. The first kappa shape index (κ1) is 17.4. The van der Waals surface area contributed by atoms with Crippen LogP contribution in [0.4, 0.5) is 0 Å². The van der Waals surface area contributed by atoms with Crippen molar-refractivity contribution in [3.05, 3.63) is 93.3 Å². The van der Waals surface area contributed by atoms with Crippen molar-refractivity contribution < 1.29 is 4.79 Å². The zero-order valence-electron chi connectivity index (χ0n) is 15.1. The van der Waals surface area contributed by atoms with Crippen LogP contribution in [0.1, 0.15) is 21.5 Å². The maximum absolute atomic E-state index is 13.0. The minimum atomic E-state index is 0.0936. The fraction of sp³-hybridized carbons (Fsp3) is 0.0417. The highest BCUT2D eigenvalue weighted by atomic mass is 35.5. The van der Waals surface area contributed by atoms with Crippen molar-refractivity contribution in [1.29, 1.82) is 0 Å². The number of rotatable bonds is 2. The van der Waals surface area contributed by atoms with Gasteiger partial charge in [0.25, 0.3) is 0 Å². The van der Waals surface area contributed by atoms with Crippen LogP contribution in [0, 0.1) is 6.92 Å². The summed E-state index contributed by atoms with van der Waals surface area (Å²) in [7, 11) is 0. The van der Waals surface area contributed by atoms with Crippen LogP contribution in [-0.4, -0.2) is 10.8 Å². The number of fused-ring (bicyclic) bond motifs is 2. The van der Waals surface area contributed by atoms with Crippen LogP contribution in [0.5, 0.6) is 0 Å². The van der Waals surface area contributed by atoms with Gasteiger partial charge in [0.05, 0.1) is 10.6 Å². The smallest absolute Gasteiger partial charge is 0.200 e. The minimum absolute atomic E-state index is 0.0936. The topological polar surface area (TPSA) is 32.9 Å². The lowest BCUT2D eigenvalue weighted by Gasteiger charge is -2.03. The highest BCUT2D eigenvalue weighted by Gasteiger charge is 2.26. The molecule has 0 bridgehead atoms. The van der Waals surface area contributed by atoms with E-state index >= 15 is 0 Å². The number of benzene rings is 3. The van der Waals surface area contributed by atoms with E-state index in [4.69, 9.17) is 11.6 Å². The molecule has 3 aromatic carbocycles. The van der Waals surface area contributed by atoms with Gasteiger partial charge in [0.15, 0.2) is 0 Å². The molecular formula is C24H16ClNOS. The van der Waals surface area contributed by atoms with Gasteiger partial charge in [0.2, 0.25) is 5.78 Å². The SMILES string of the molecule is Cc1ccc2c(c1)C(=O)C(=Cc1c(-c3ccc(Cl)cc3)[nH]c3ccccc13)S2. The van der Waals surface area contributed by atoms with E-state index < -0.39 is 0 Å². The van der Waals surface area contributed by atoms with E-state index in [1.165, 1.54) is 0 Å². The number of carbonyl (C=O) groups excluding carboxylic acids is 1. The van der Waals surface area contributed by atoms with Gasteiger partial charge in [-0.15, -0.1) is 0 Å². The van der Waals surface area contributed by atoms with Crippen molar-refractivity contribution in [1.82, 2.24) is 4.98 Å². The van der Waals surface area contributed by atoms with Gasteiger partial charge in [-0.2, -0.15) is 0 Å². The fourth-order valence-corrected chi connectivity index (χ4v) is 4.73. The molecule has 1 aliphatic heterocycles. The summed E-state index contributed by atoms with van der Waals surface area (Å²) in [5.74, 6) is 0.0936. The number of nitrogens with one attached hydrogen (secondary N) is 1. The number of hydrogen-bond acceptors (Lipinski definition) is 2. The number of Topliss-reactive ketones (excluding diaryl/α,β-unsaturated/α-hetero) is 1. The Balaban J connectivity index is 1.69. The molecule has 136 valence electrons. The molecule has 0 saturated heterocycles. The predicted octanol–water partition coefficient (Wildman–Crippen LogP) is 7.13. The third kappa shape index (κ3) is 2.88. The Morgan fingerprint density at radius 2 is 1.79 bits per heavy atom. The van der Waals surface area contributed by atoms with Gasteiger partial charge in [0, 0.05) is 31.9 Å². The van der Waals surface area contributed by atoms with Crippen LogP contribution in [0.25, 0.3) is 28.2 Å². The molecule has 1 aromatic heterocycles. The second-order valence-corrected chi connectivity index (χ2v) is 8.43. The van der Waals surface area contributed by atoms with E-state index in [2.05, 4.69) is 17.1 Å². The van der Waals surface area contributed by atoms with E-state index in [1.807, 2.05) is 67.6 Å². The lowest BCUT2D eigenvalue weighted by Crippen LogP contribution is -1.95. The molecule has 2 heterocycles. The average molecular weight is 402 g/mol. The quantitative estimate of drug-likeness (QED) is 0.362. The van der Waals surface area contributed by atoms with Crippen molar-refractivity contribution in [3.63, 3.8) is 0 Å². The van der Waals surface area contributed by atoms with E-state index in [-0.39, 0.29) is 5.78 Å². The van der Waals surface area contributed by atoms with Crippen LogP contribution in [0.3, 0.4) is 0 Å². The lowest BCUT2D eigenvalue weighted by molar-refractivity contribution is 0.104. The van der Waals surface area contributed by atoms with Crippen molar-refractivity contribution >= 4 is 46.1 Å². The molecule has 0 amide bonds. The number of aromatic amines is 1. The number of carbonyl (C=O) groups is 1. The molecule has 28 heavy (non-hydrogen) atoms. The highest BCUT2D eigenvalue weighted by molar-refractivity contribution is 8.04. The van der Waals surface area contributed by atoms with Crippen LogP contribution in [0.2, 0.25) is 5.02 Å². The Morgan fingerprint density at radius 1 is 1.00 bits per heavy atom. The molecule has 0 radical (unpaired) electrons. The van der Waals surface area contributed by atoms with E-state index in [0.29, 0.717) is 5.02 Å². The zero-order chi connectivity index (χ0) is 19.3. The summed E-state index contributed by atoms with van der Waals surface area (Å²) < 4.78 is 0. The molecular weight excluding hydrogens is 386 g/mol. The molecule has 1 aliphatic rings. The standard InChI is InChI=1S/C24H16ClNOS/c1-14-6-11-21-19(12-14)24(27)22(28-21)13-18-17-4-2-3-5-20(17)26-23(18)15-7-9-16(25)10-8-15/h2-13,26H,1H3. The summed E-state index contributed by atoms with van der Waals surface area (Å²) in [6, 6.07) is 22.0. The first-order valence-corrected chi connectivity index (χ1v) is 10.2. The van der Waals surface area contributed by atoms with Crippen LogP contribution in [-0.2, 0) is 0 Å². The number of aromatic nitrogens is 1. The van der Waals surface area contributed by atoms with Crippen molar-refractivity contribution in [2.45, 2.75) is 11.8 Å². The molecule has 0 fully saturated rings. The molecule has 0 unspecified atom stereocenters. The summed E-state index contributed by atoms with van der Waals surface area (Å²) in [5.41, 5.74) is 6.00.